The van der Waals surface area contributed by atoms with Gasteiger partial charge in [0.05, 0.1) is 25.3 Å². The van der Waals surface area contributed by atoms with Gasteiger partial charge in [0.25, 0.3) is 5.91 Å². The lowest BCUT2D eigenvalue weighted by molar-refractivity contribution is -0.138. The van der Waals surface area contributed by atoms with Crippen LogP contribution in [-0.4, -0.2) is 64.7 Å². The SMILES string of the molecule is O=C(c1ccc(Cl)cc1)N(CCN1CCOCC1)Cc1nccn1Cc1ccccc1C(F)(F)F. The first-order chi connectivity index (χ1) is 16.8. The van der Waals surface area contributed by atoms with E-state index in [9.17, 15) is 18.0 Å². The third-order valence-corrected chi connectivity index (χ3v) is 6.22. The van der Waals surface area contributed by atoms with Crippen LogP contribution in [0.2, 0.25) is 5.02 Å². The molecule has 1 aliphatic rings. The van der Waals surface area contributed by atoms with Gasteiger partial charge in [0.1, 0.15) is 5.82 Å². The Labute approximate surface area is 206 Å². The van der Waals surface area contributed by atoms with E-state index in [4.69, 9.17) is 16.3 Å². The fraction of sp³-hybridized carbons (Fsp3) is 0.360. The summed E-state index contributed by atoms with van der Waals surface area (Å²) in [5, 5.41) is 0.528. The lowest BCUT2D eigenvalue weighted by Gasteiger charge is -2.30. The summed E-state index contributed by atoms with van der Waals surface area (Å²) in [6, 6.07) is 12.1. The summed E-state index contributed by atoms with van der Waals surface area (Å²) in [5.74, 6) is 0.312. The van der Waals surface area contributed by atoms with Crippen LogP contribution in [0.15, 0.2) is 60.9 Å². The Morgan fingerprint density at radius 1 is 1.09 bits per heavy atom. The maximum Gasteiger partial charge on any atom is 0.416 e. The van der Waals surface area contributed by atoms with E-state index in [-0.39, 0.29) is 24.6 Å². The Bertz CT molecular complexity index is 1130. The van der Waals surface area contributed by atoms with Crippen molar-refractivity contribution in [2.24, 2.45) is 0 Å². The highest BCUT2D eigenvalue weighted by atomic mass is 35.5. The van der Waals surface area contributed by atoms with Crippen LogP contribution in [0.5, 0.6) is 0 Å². The lowest BCUT2D eigenvalue weighted by Crippen LogP contribution is -2.43. The summed E-state index contributed by atoms with van der Waals surface area (Å²) < 4.78 is 47.5. The predicted octanol–water partition coefficient (Wildman–Crippen LogP) is 4.58. The molecule has 1 aromatic heterocycles. The van der Waals surface area contributed by atoms with Crippen LogP contribution < -0.4 is 0 Å². The maximum absolute atomic E-state index is 13.5. The van der Waals surface area contributed by atoms with Crippen molar-refractivity contribution < 1.29 is 22.7 Å². The summed E-state index contributed by atoms with van der Waals surface area (Å²) >= 11 is 5.98. The molecule has 2 aromatic carbocycles. The Balaban J connectivity index is 1.55. The van der Waals surface area contributed by atoms with Gasteiger partial charge in [0.15, 0.2) is 0 Å². The standard InChI is InChI=1S/C25H26ClF3N4O2/c26-21-7-5-19(6-8-21)24(34)33(12-11-31-13-15-35-16-14-31)18-23-30-9-10-32(23)17-20-3-1-2-4-22(20)25(27,28)29/h1-10H,11-18H2. The molecular formula is C25H26ClF3N4O2. The van der Waals surface area contributed by atoms with E-state index >= 15 is 0 Å². The van der Waals surface area contributed by atoms with Crippen LogP contribution >= 0.6 is 11.6 Å². The van der Waals surface area contributed by atoms with E-state index in [2.05, 4.69) is 9.88 Å². The topological polar surface area (TPSA) is 50.6 Å². The van der Waals surface area contributed by atoms with Crippen molar-refractivity contribution in [3.05, 3.63) is 88.5 Å². The quantitative estimate of drug-likeness (QED) is 0.449. The molecule has 1 saturated heterocycles. The number of nitrogens with zero attached hydrogens (tertiary/aromatic N) is 4. The highest BCUT2D eigenvalue weighted by Crippen LogP contribution is 2.32. The number of imidazole rings is 1. The molecule has 10 heteroatoms. The molecule has 0 bridgehead atoms. The molecule has 0 spiro atoms. The number of ether oxygens (including phenoxy) is 1. The smallest absolute Gasteiger partial charge is 0.379 e. The van der Waals surface area contributed by atoms with Crippen molar-refractivity contribution >= 4 is 17.5 Å². The van der Waals surface area contributed by atoms with Gasteiger partial charge in [-0.05, 0) is 35.9 Å². The van der Waals surface area contributed by atoms with Crippen LogP contribution in [0.4, 0.5) is 13.2 Å². The number of morpholine rings is 1. The lowest BCUT2D eigenvalue weighted by atomic mass is 10.1. The largest absolute Gasteiger partial charge is 0.416 e. The number of alkyl halides is 3. The number of hydrogen-bond acceptors (Lipinski definition) is 4. The number of hydrogen-bond donors (Lipinski definition) is 0. The van der Waals surface area contributed by atoms with Crippen molar-refractivity contribution in [1.29, 1.82) is 0 Å². The number of rotatable bonds is 8. The third kappa shape index (κ3) is 6.62. The first-order valence-electron chi connectivity index (χ1n) is 11.3. The van der Waals surface area contributed by atoms with Crippen LogP contribution in [0.1, 0.15) is 27.3 Å². The zero-order valence-corrected chi connectivity index (χ0v) is 19.8. The number of aromatic nitrogens is 2. The second-order valence-corrected chi connectivity index (χ2v) is 8.75. The molecule has 1 aliphatic heterocycles. The third-order valence-electron chi connectivity index (χ3n) is 5.97. The molecule has 35 heavy (non-hydrogen) atoms. The van der Waals surface area contributed by atoms with Crippen molar-refractivity contribution in [1.82, 2.24) is 19.4 Å². The van der Waals surface area contributed by atoms with Crippen molar-refractivity contribution in [3.8, 4) is 0 Å². The number of amides is 1. The minimum absolute atomic E-state index is 0.00252. The van der Waals surface area contributed by atoms with Crippen LogP contribution in [-0.2, 0) is 24.0 Å². The van der Waals surface area contributed by atoms with Crippen molar-refractivity contribution in [2.75, 3.05) is 39.4 Å². The number of benzene rings is 2. The van der Waals surface area contributed by atoms with E-state index in [0.717, 1.165) is 19.2 Å². The summed E-state index contributed by atoms with van der Waals surface area (Å²) in [6.07, 6.45) is -1.28. The summed E-state index contributed by atoms with van der Waals surface area (Å²) in [4.78, 5) is 21.6. The van der Waals surface area contributed by atoms with E-state index in [1.165, 1.54) is 12.1 Å². The average molecular weight is 507 g/mol. The summed E-state index contributed by atoms with van der Waals surface area (Å²) in [7, 11) is 0. The fourth-order valence-corrected chi connectivity index (χ4v) is 4.16. The maximum atomic E-state index is 13.5. The molecule has 0 N–H and O–H groups in total. The first-order valence-corrected chi connectivity index (χ1v) is 11.7. The monoisotopic (exact) mass is 506 g/mol. The normalized spacial score (nSPS) is 14.7. The van der Waals surface area contributed by atoms with Crippen molar-refractivity contribution in [3.63, 3.8) is 0 Å². The van der Waals surface area contributed by atoms with E-state index in [0.29, 0.717) is 42.7 Å². The van der Waals surface area contributed by atoms with E-state index in [1.54, 1.807) is 52.2 Å². The van der Waals surface area contributed by atoms with Gasteiger partial charge in [-0.25, -0.2) is 4.98 Å². The minimum atomic E-state index is -4.45. The Morgan fingerprint density at radius 3 is 2.51 bits per heavy atom. The van der Waals surface area contributed by atoms with Crippen molar-refractivity contribution in [2.45, 2.75) is 19.3 Å². The van der Waals surface area contributed by atoms with Gasteiger partial charge in [-0.15, -0.1) is 0 Å². The number of halogens is 4. The van der Waals surface area contributed by atoms with Crippen LogP contribution in [0.25, 0.3) is 0 Å². The fourth-order valence-electron chi connectivity index (χ4n) is 4.04. The van der Waals surface area contributed by atoms with E-state index in [1.807, 2.05) is 0 Å². The second kappa shape index (κ2) is 11.2. The Morgan fingerprint density at radius 2 is 1.80 bits per heavy atom. The van der Waals surface area contributed by atoms with Gasteiger partial charge >= 0.3 is 6.18 Å². The van der Waals surface area contributed by atoms with Crippen LogP contribution in [0.3, 0.4) is 0 Å². The molecule has 0 aliphatic carbocycles. The van der Waals surface area contributed by atoms with Crippen LogP contribution in [0, 0.1) is 0 Å². The molecule has 0 atom stereocenters. The Hall–Kier alpha value is -2.88. The van der Waals surface area contributed by atoms with Gasteiger partial charge in [-0.2, -0.15) is 13.2 Å². The molecular weight excluding hydrogens is 481 g/mol. The van der Waals surface area contributed by atoms with Gasteiger partial charge in [-0.3, -0.25) is 9.69 Å². The van der Waals surface area contributed by atoms with Gasteiger partial charge in [-0.1, -0.05) is 29.8 Å². The molecule has 6 nitrogen and oxygen atoms in total. The minimum Gasteiger partial charge on any atom is -0.379 e. The molecule has 1 amide bonds. The van der Waals surface area contributed by atoms with Gasteiger partial charge in [0.2, 0.25) is 0 Å². The Kier molecular flexibility index (Phi) is 8.10. The predicted molar refractivity (Wildman–Crippen MR) is 126 cm³/mol. The molecule has 4 rings (SSSR count). The summed E-state index contributed by atoms with van der Waals surface area (Å²) in [5.41, 5.74) is -0.0545. The second-order valence-electron chi connectivity index (χ2n) is 8.31. The molecule has 2 heterocycles. The molecule has 0 unspecified atom stereocenters. The summed E-state index contributed by atoms with van der Waals surface area (Å²) in [6.45, 7) is 4.11. The molecule has 186 valence electrons. The highest BCUT2D eigenvalue weighted by molar-refractivity contribution is 6.30. The number of carbonyl (C=O) groups excluding carboxylic acids is 1. The van der Waals surface area contributed by atoms with Gasteiger partial charge < -0.3 is 14.2 Å². The highest BCUT2D eigenvalue weighted by Gasteiger charge is 2.33. The molecule has 0 radical (unpaired) electrons. The zero-order valence-electron chi connectivity index (χ0n) is 19.0. The molecule has 1 fully saturated rings. The van der Waals surface area contributed by atoms with E-state index < -0.39 is 11.7 Å². The number of carbonyl (C=O) groups is 1. The average Bonchev–Trinajstić information content (AvgIpc) is 3.28. The molecule has 0 saturated carbocycles. The van der Waals surface area contributed by atoms with Gasteiger partial charge in [0, 0.05) is 55.7 Å². The first kappa shape index (κ1) is 25.2. The zero-order chi connectivity index (χ0) is 24.8. The molecule has 3 aromatic rings.